The highest BCUT2D eigenvalue weighted by Crippen LogP contribution is 2.14. The highest BCUT2D eigenvalue weighted by Gasteiger charge is 2.31. The van der Waals surface area contributed by atoms with Crippen LogP contribution in [-0.4, -0.2) is 42.8 Å². The molecular formula is C8H16F3N3O. The van der Waals surface area contributed by atoms with Crippen LogP contribution in [0.25, 0.3) is 0 Å². The van der Waals surface area contributed by atoms with Gasteiger partial charge in [-0.2, -0.15) is 13.2 Å². The van der Waals surface area contributed by atoms with Crippen LogP contribution in [0.3, 0.4) is 0 Å². The third-order valence-electron chi connectivity index (χ3n) is 2.15. The first-order valence-corrected chi connectivity index (χ1v) is 4.38. The predicted octanol–water partition coefficient (Wildman–Crippen LogP) is 0.927. The van der Waals surface area contributed by atoms with Crippen LogP contribution in [-0.2, 0) is 0 Å². The molecule has 0 atom stereocenters. The number of hydrogen-bond acceptors (Lipinski definition) is 2. The number of carbonyl (C=O) groups excluding carboxylic acids is 1. The Balaban J connectivity index is 4.23. The van der Waals surface area contributed by atoms with Gasteiger partial charge in [0.05, 0.1) is 5.54 Å². The van der Waals surface area contributed by atoms with E-state index in [1.807, 2.05) is 0 Å². The van der Waals surface area contributed by atoms with Gasteiger partial charge in [-0.1, -0.05) is 0 Å². The van der Waals surface area contributed by atoms with E-state index < -0.39 is 24.3 Å². The molecule has 3 N–H and O–H groups in total. The first-order chi connectivity index (χ1) is 6.60. The molecule has 2 amide bonds. The number of rotatable bonds is 3. The Labute approximate surface area is 86.6 Å². The van der Waals surface area contributed by atoms with E-state index in [-0.39, 0.29) is 6.54 Å². The molecule has 0 spiro atoms. The third kappa shape index (κ3) is 4.87. The lowest BCUT2D eigenvalue weighted by Crippen LogP contribution is -2.54. The van der Waals surface area contributed by atoms with Crippen LogP contribution >= 0.6 is 0 Å². The SMILES string of the molecule is CN(C(=O)NCC(F)(F)F)C(C)(C)CN. The number of urea groups is 1. The average Bonchev–Trinajstić information content (AvgIpc) is 2.11. The fraction of sp³-hybridized carbons (Fsp3) is 0.875. The summed E-state index contributed by atoms with van der Waals surface area (Å²) in [7, 11) is 1.40. The van der Waals surface area contributed by atoms with E-state index in [1.54, 1.807) is 19.2 Å². The number of carbonyl (C=O) groups is 1. The van der Waals surface area contributed by atoms with E-state index in [9.17, 15) is 18.0 Å². The van der Waals surface area contributed by atoms with Gasteiger partial charge in [-0.3, -0.25) is 0 Å². The second-order valence-electron chi connectivity index (χ2n) is 3.85. The fourth-order valence-electron chi connectivity index (χ4n) is 0.706. The van der Waals surface area contributed by atoms with Crippen molar-refractivity contribution in [3.63, 3.8) is 0 Å². The van der Waals surface area contributed by atoms with Gasteiger partial charge in [0, 0.05) is 13.6 Å². The number of nitrogens with two attached hydrogens (primary N) is 1. The average molecular weight is 227 g/mol. The first kappa shape index (κ1) is 14.0. The molecule has 0 rings (SSSR count). The second kappa shape index (κ2) is 4.69. The summed E-state index contributed by atoms with van der Waals surface area (Å²) in [5.74, 6) is 0. The summed E-state index contributed by atoms with van der Waals surface area (Å²) >= 11 is 0. The van der Waals surface area contributed by atoms with Crippen LogP contribution < -0.4 is 11.1 Å². The Hall–Kier alpha value is -0.980. The quantitative estimate of drug-likeness (QED) is 0.753. The summed E-state index contributed by atoms with van der Waals surface area (Å²) < 4.78 is 35.4. The lowest BCUT2D eigenvalue weighted by atomic mass is 10.1. The Morgan fingerprint density at radius 1 is 1.40 bits per heavy atom. The van der Waals surface area contributed by atoms with Gasteiger partial charge in [0.15, 0.2) is 0 Å². The Morgan fingerprint density at radius 3 is 2.20 bits per heavy atom. The van der Waals surface area contributed by atoms with E-state index in [1.165, 1.54) is 7.05 Å². The Bertz CT molecular complexity index is 228. The molecule has 0 aliphatic rings. The van der Waals surface area contributed by atoms with Crippen molar-refractivity contribution in [3.8, 4) is 0 Å². The van der Waals surface area contributed by atoms with E-state index in [4.69, 9.17) is 5.73 Å². The minimum absolute atomic E-state index is 0.170. The zero-order valence-electron chi connectivity index (χ0n) is 8.98. The standard InChI is InChI=1S/C8H16F3N3O/c1-7(2,4-12)14(3)6(15)13-5-8(9,10)11/h4-5,12H2,1-3H3,(H,13,15). The molecule has 0 aromatic heterocycles. The predicted molar refractivity (Wildman–Crippen MR) is 50.4 cm³/mol. The summed E-state index contributed by atoms with van der Waals surface area (Å²) in [6.45, 7) is 2.17. The fourth-order valence-corrected chi connectivity index (χ4v) is 0.706. The van der Waals surface area contributed by atoms with E-state index >= 15 is 0 Å². The maximum Gasteiger partial charge on any atom is 0.405 e. The van der Waals surface area contributed by atoms with Gasteiger partial charge in [0.1, 0.15) is 6.54 Å². The van der Waals surface area contributed by atoms with E-state index in [0.29, 0.717) is 0 Å². The van der Waals surface area contributed by atoms with Crippen molar-refractivity contribution in [1.29, 1.82) is 0 Å². The van der Waals surface area contributed by atoms with Crippen LogP contribution in [0.15, 0.2) is 0 Å². The number of likely N-dealkylation sites (N-methyl/N-ethyl adjacent to an activating group) is 1. The minimum Gasteiger partial charge on any atom is -0.329 e. The lowest BCUT2D eigenvalue weighted by molar-refractivity contribution is -0.123. The largest absolute Gasteiger partial charge is 0.405 e. The van der Waals surface area contributed by atoms with Gasteiger partial charge in [0.25, 0.3) is 0 Å². The highest BCUT2D eigenvalue weighted by molar-refractivity contribution is 5.74. The van der Waals surface area contributed by atoms with Crippen molar-refractivity contribution < 1.29 is 18.0 Å². The number of nitrogens with zero attached hydrogens (tertiary/aromatic N) is 1. The molecule has 0 aliphatic carbocycles. The van der Waals surface area contributed by atoms with E-state index in [0.717, 1.165) is 4.90 Å². The Morgan fingerprint density at radius 2 is 1.87 bits per heavy atom. The molecule has 0 aromatic carbocycles. The van der Waals surface area contributed by atoms with Gasteiger partial charge in [-0.05, 0) is 13.8 Å². The van der Waals surface area contributed by atoms with Crippen molar-refractivity contribution in [2.24, 2.45) is 5.73 Å². The zero-order valence-corrected chi connectivity index (χ0v) is 8.98. The first-order valence-electron chi connectivity index (χ1n) is 4.38. The molecule has 0 fully saturated rings. The summed E-state index contributed by atoms with van der Waals surface area (Å²) in [6.07, 6.45) is -4.40. The summed E-state index contributed by atoms with van der Waals surface area (Å²) in [4.78, 5) is 12.4. The molecule has 0 radical (unpaired) electrons. The van der Waals surface area contributed by atoms with Gasteiger partial charge in [-0.15, -0.1) is 0 Å². The van der Waals surface area contributed by atoms with Crippen LogP contribution in [0, 0.1) is 0 Å². The van der Waals surface area contributed by atoms with Crippen molar-refractivity contribution in [1.82, 2.24) is 10.2 Å². The molecule has 4 nitrogen and oxygen atoms in total. The summed E-state index contributed by atoms with van der Waals surface area (Å²) in [6, 6.07) is -0.789. The molecule has 0 saturated carbocycles. The number of hydrogen-bond donors (Lipinski definition) is 2. The molecule has 0 saturated heterocycles. The van der Waals surface area contributed by atoms with Crippen molar-refractivity contribution in [3.05, 3.63) is 0 Å². The molecule has 0 aliphatic heterocycles. The maximum atomic E-state index is 11.8. The second-order valence-corrected chi connectivity index (χ2v) is 3.85. The van der Waals surface area contributed by atoms with Crippen molar-refractivity contribution in [2.75, 3.05) is 20.1 Å². The molecule has 0 unspecified atom stereocenters. The number of halogens is 3. The van der Waals surface area contributed by atoms with Crippen molar-refractivity contribution >= 4 is 6.03 Å². The van der Waals surface area contributed by atoms with Gasteiger partial charge >= 0.3 is 12.2 Å². The lowest BCUT2D eigenvalue weighted by Gasteiger charge is -2.34. The number of alkyl halides is 3. The molecule has 7 heteroatoms. The topological polar surface area (TPSA) is 58.4 Å². The molecule has 0 bridgehead atoms. The van der Waals surface area contributed by atoms with Crippen LogP contribution in [0.1, 0.15) is 13.8 Å². The van der Waals surface area contributed by atoms with Gasteiger partial charge in [0.2, 0.25) is 0 Å². The maximum absolute atomic E-state index is 11.8. The Kier molecular flexibility index (Phi) is 4.39. The molecule has 0 aromatic rings. The smallest absolute Gasteiger partial charge is 0.329 e. The third-order valence-corrected chi connectivity index (χ3v) is 2.15. The van der Waals surface area contributed by atoms with Gasteiger partial charge in [-0.25, -0.2) is 4.79 Å². The number of amides is 2. The van der Waals surface area contributed by atoms with Crippen LogP contribution in [0.4, 0.5) is 18.0 Å². The van der Waals surface area contributed by atoms with Crippen molar-refractivity contribution in [2.45, 2.75) is 25.6 Å². The number of nitrogens with one attached hydrogen (secondary N) is 1. The molecule has 0 heterocycles. The van der Waals surface area contributed by atoms with Gasteiger partial charge < -0.3 is 16.0 Å². The van der Waals surface area contributed by atoms with Crippen LogP contribution in [0.2, 0.25) is 0 Å². The highest BCUT2D eigenvalue weighted by atomic mass is 19.4. The monoisotopic (exact) mass is 227 g/mol. The summed E-state index contributed by atoms with van der Waals surface area (Å²) in [5, 5.41) is 1.77. The summed E-state index contributed by atoms with van der Waals surface area (Å²) in [5.41, 5.74) is 4.71. The van der Waals surface area contributed by atoms with E-state index in [2.05, 4.69) is 0 Å². The zero-order chi connectivity index (χ0) is 12.3. The van der Waals surface area contributed by atoms with Crippen LogP contribution in [0.5, 0.6) is 0 Å². The molecule has 90 valence electrons. The minimum atomic E-state index is -4.40. The molecular weight excluding hydrogens is 211 g/mol. The normalized spacial score (nSPS) is 12.5. The molecule has 15 heavy (non-hydrogen) atoms.